The van der Waals surface area contributed by atoms with Crippen molar-refractivity contribution in [3.05, 3.63) is 66.3 Å². The van der Waals surface area contributed by atoms with E-state index in [0.717, 1.165) is 9.13 Å². The first-order valence-corrected chi connectivity index (χ1v) is 7.09. The number of nitrogens with zero attached hydrogens (tertiary/aromatic N) is 3. The zero-order valence-corrected chi connectivity index (χ0v) is 13.6. The molecular weight excluding hydrogens is 316 g/mol. The summed E-state index contributed by atoms with van der Waals surface area (Å²) in [6.45, 7) is -0.524. The number of methoxy groups -OCH3 is 1. The minimum Gasteiger partial charge on any atom is -0.497 e. The molecule has 1 atom stereocenters. The highest BCUT2D eigenvalue weighted by molar-refractivity contribution is 5.46. The van der Waals surface area contributed by atoms with Crippen LogP contribution in [0.15, 0.2) is 33.9 Å². The fraction of sp³-hybridized carbons (Fsp3) is 0.333. The molecular formula is C15H18N4O5. The van der Waals surface area contributed by atoms with Crippen molar-refractivity contribution in [2.75, 3.05) is 19.4 Å². The molecule has 128 valence electrons. The molecule has 1 unspecified atom stereocenters. The van der Waals surface area contributed by atoms with Crippen LogP contribution in [-0.4, -0.2) is 27.7 Å². The first-order chi connectivity index (χ1) is 11.3. The Balaban J connectivity index is 2.71. The van der Waals surface area contributed by atoms with Crippen LogP contribution in [0.1, 0.15) is 17.0 Å². The van der Waals surface area contributed by atoms with Crippen molar-refractivity contribution in [1.29, 1.82) is 0 Å². The lowest BCUT2D eigenvalue weighted by atomic mass is 9.92. The average Bonchev–Trinajstić information content (AvgIpc) is 2.57. The van der Waals surface area contributed by atoms with E-state index in [0.29, 0.717) is 11.3 Å². The molecule has 0 bridgehead atoms. The first-order valence-electron chi connectivity index (χ1n) is 7.09. The lowest BCUT2D eigenvalue weighted by Crippen LogP contribution is -2.42. The standard InChI is InChI=1S/C15H18N4O5/c1-17-13(16)12(14(20)18(2)15(17)21)11(8-19(22)23)9-4-6-10(24-3)7-5-9/h4-7,11H,8,16H2,1-3H3. The Bertz CT molecular complexity index is 882. The highest BCUT2D eigenvalue weighted by Crippen LogP contribution is 2.27. The third-order valence-electron chi connectivity index (χ3n) is 3.94. The van der Waals surface area contributed by atoms with Gasteiger partial charge in [-0.05, 0) is 17.7 Å². The van der Waals surface area contributed by atoms with Gasteiger partial charge in [0.2, 0.25) is 6.54 Å². The van der Waals surface area contributed by atoms with Crippen molar-refractivity contribution in [2.24, 2.45) is 14.1 Å². The normalized spacial score (nSPS) is 12.0. The number of nitrogen functional groups attached to an aromatic ring is 1. The van der Waals surface area contributed by atoms with Crippen LogP contribution >= 0.6 is 0 Å². The molecule has 2 aromatic rings. The number of ether oxygens (including phenoxy) is 1. The number of nitrogens with two attached hydrogens (primary N) is 1. The number of anilines is 1. The number of aromatic nitrogens is 2. The molecule has 1 heterocycles. The van der Waals surface area contributed by atoms with Crippen molar-refractivity contribution in [1.82, 2.24) is 9.13 Å². The van der Waals surface area contributed by atoms with Gasteiger partial charge in [0.05, 0.1) is 18.6 Å². The molecule has 1 aromatic heterocycles. The summed E-state index contributed by atoms with van der Waals surface area (Å²) in [5, 5.41) is 11.1. The van der Waals surface area contributed by atoms with E-state index in [-0.39, 0.29) is 11.4 Å². The Morgan fingerprint density at radius 2 is 1.79 bits per heavy atom. The Kier molecular flexibility index (Phi) is 4.72. The van der Waals surface area contributed by atoms with E-state index in [1.54, 1.807) is 24.3 Å². The molecule has 0 amide bonds. The van der Waals surface area contributed by atoms with E-state index in [9.17, 15) is 19.7 Å². The zero-order valence-electron chi connectivity index (χ0n) is 13.6. The number of hydrogen-bond donors (Lipinski definition) is 1. The molecule has 0 aliphatic heterocycles. The van der Waals surface area contributed by atoms with Crippen LogP contribution in [0.25, 0.3) is 0 Å². The van der Waals surface area contributed by atoms with Gasteiger partial charge in [0, 0.05) is 19.0 Å². The predicted octanol–water partition coefficient (Wildman–Crippen LogP) is 0.0834. The van der Waals surface area contributed by atoms with Gasteiger partial charge in [-0.3, -0.25) is 24.0 Å². The Hall–Kier alpha value is -3.10. The summed E-state index contributed by atoms with van der Waals surface area (Å²) in [4.78, 5) is 35.0. The fourth-order valence-corrected chi connectivity index (χ4v) is 2.56. The van der Waals surface area contributed by atoms with E-state index >= 15 is 0 Å². The van der Waals surface area contributed by atoms with E-state index in [4.69, 9.17) is 10.5 Å². The molecule has 0 fully saturated rings. The fourth-order valence-electron chi connectivity index (χ4n) is 2.56. The third kappa shape index (κ3) is 3.00. The molecule has 2 rings (SSSR count). The van der Waals surface area contributed by atoms with Crippen molar-refractivity contribution in [3.63, 3.8) is 0 Å². The largest absolute Gasteiger partial charge is 0.497 e. The van der Waals surface area contributed by atoms with Crippen LogP contribution in [0, 0.1) is 10.1 Å². The monoisotopic (exact) mass is 334 g/mol. The Morgan fingerprint density at radius 3 is 2.29 bits per heavy atom. The molecule has 0 saturated carbocycles. The lowest BCUT2D eigenvalue weighted by molar-refractivity contribution is -0.481. The maximum Gasteiger partial charge on any atom is 0.332 e. The van der Waals surface area contributed by atoms with Crippen molar-refractivity contribution < 1.29 is 9.66 Å². The van der Waals surface area contributed by atoms with Crippen molar-refractivity contribution >= 4 is 5.82 Å². The van der Waals surface area contributed by atoms with Gasteiger partial charge in [0.15, 0.2) is 0 Å². The lowest BCUT2D eigenvalue weighted by Gasteiger charge is -2.18. The van der Waals surface area contributed by atoms with Gasteiger partial charge in [-0.2, -0.15) is 0 Å². The van der Waals surface area contributed by atoms with Gasteiger partial charge in [-0.15, -0.1) is 0 Å². The van der Waals surface area contributed by atoms with E-state index in [1.807, 2.05) is 0 Å². The maximum atomic E-state index is 12.5. The summed E-state index contributed by atoms with van der Waals surface area (Å²) in [5.41, 5.74) is 5.26. The predicted molar refractivity (Wildman–Crippen MR) is 88.0 cm³/mol. The molecule has 9 heteroatoms. The minimum atomic E-state index is -0.878. The summed E-state index contributed by atoms with van der Waals surface area (Å²) in [6.07, 6.45) is 0. The Labute approximate surface area is 137 Å². The number of benzene rings is 1. The topological polar surface area (TPSA) is 122 Å². The smallest absolute Gasteiger partial charge is 0.332 e. The molecule has 0 aliphatic rings. The average molecular weight is 334 g/mol. The molecule has 24 heavy (non-hydrogen) atoms. The van der Waals surface area contributed by atoms with Gasteiger partial charge in [-0.25, -0.2) is 4.79 Å². The molecule has 0 spiro atoms. The van der Waals surface area contributed by atoms with Crippen LogP contribution in [0.4, 0.5) is 5.82 Å². The van der Waals surface area contributed by atoms with Crippen LogP contribution in [0.5, 0.6) is 5.75 Å². The van der Waals surface area contributed by atoms with Crippen LogP contribution in [-0.2, 0) is 14.1 Å². The second-order valence-electron chi connectivity index (χ2n) is 5.35. The van der Waals surface area contributed by atoms with Gasteiger partial charge in [-0.1, -0.05) is 12.1 Å². The third-order valence-corrected chi connectivity index (χ3v) is 3.94. The van der Waals surface area contributed by atoms with Crippen molar-refractivity contribution in [2.45, 2.75) is 5.92 Å². The van der Waals surface area contributed by atoms with Gasteiger partial charge < -0.3 is 10.5 Å². The molecule has 1 aromatic carbocycles. The van der Waals surface area contributed by atoms with Gasteiger partial charge >= 0.3 is 5.69 Å². The highest BCUT2D eigenvalue weighted by Gasteiger charge is 2.28. The quantitative estimate of drug-likeness (QED) is 0.610. The minimum absolute atomic E-state index is 0.0291. The number of hydrogen-bond acceptors (Lipinski definition) is 6. The van der Waals surface area contributed by atoms with Crippen LogP contribution < -0.4 is 21.7 Å². The first kappa shape index (κ1) is 17.3. The van der Waals surface area contributed by atoms with E-state index in [1.165, 1.54) is 21.2 Å². The van der Waals surface area contributed by atoms with E-state index in [2.05, 4.69) is 0 Å². The van der Waals surface area contributed by atoms with Crippen LogP contribution in [0.3, 0.4) is 0 Å². The SMILES string of the molecule is COc1ccc(C(C[N+](=O)[O-])c2c(N)n(C)c(=O)n(C)c2=O)cc1. The van der Waals surface area contributed by atoms with Crippen LogP contribution in [0.2, 0.25) is 0 Å². The molecule has 0 aliphatic carbocycles. The zero-order chi connectivity index (χ0) is 18.0. The second kappa shape index (κ2) is 6.57. The molecule has 9 nitrogen and oxygen atoms in total. The highest BCUT2D eigenvalue weighted by atomic mass is 16.6. The van der Waals surface area contributed by atoms with Gasteiger partial charge in [0.25, 0.3) is 5.56 Å². The molecule has 0 radical (unpaired) electrons. The number of rotatable bonds is 5. The summed E-state index contributed by atoms with van der Waals surface area (Å²) in [7, 11) is 4.23. The number of nitro groups is 1. The van der Waals surface area contributed by atoms with E-state index < -0.39 is 28.6 Å². The Morgan fingerprint density at radius 1 is 1.21 bits per heavy atom. The summed E-state index contributed by atoms with van der Waals surface area (Å²) in [6, 6.07) is 6.56. The maximum absolute atomic E-state index is 12.5. The summed E-state index contributed by atoms with van der Waals surface area (Å²) in [5.74, 6) is -0.373. The summed E-state index contributed by atoms with van der Waals surface area (Å²) < 4.78 is 7.06. The van der Waals surface area contributed by atoms with Crippen molar-refractivity contribution in [3.8, 4) is 5.75 Å². The summed E-state index contributed by atoms with van der Waals surface area (Å²) >= 11 is 0. The molecule has 2 N–H and O–H groups in total. The second-order valence-corrected chi connectivity index (χ2v) is 5.35. The molecule has 0 saturated heterocycles. The van der Waals surface area contributed by atoms with Gasteiger partial charge in [0.1, 0.15) is 11.6 Å².